The summed E-state index contributed by atoms with van der Waals surface area (Å²) < 4.78 is 15.6. The van der Waals surface area contributed by atoms with Crippen LogP contribution in [0.1, 0.15) is 37.0 Å². The van der Waals surface area contributed by atoms with Crippen molar-refractivity contribution in [1.82, 2.24) is 4.90 Å². The predicted molar refractivity (Wildman–Crippen MR) is 127 cm³/mol. The summed E-state index contributed by atoms with van der Waals surface area (Å²) in [6.45, 7) is 5.63. The lowest BCUT2D eigenvalue weighted by Gasteiger charge is -2.30. The molecule has 0 radical (unpaired) electrons. The third-order valence-corrected chi connectivity index (χ3v) is 6.39. The Morgan fingerprint density at radius 2 is 1.73 bits per heavy atom. The molecule has 0 spiro atoms. The van der Waals surface area contributed by atoms with Crippen molar-refractivity contribution in [3.05, 3.63) is 35.2 Å². The molecular formula is C24H30N2O6S. The maximum Gasteiger partial charge on any atom is 0.341 e. The molecule has 0 bridgehead atoms. The van der Waals surface area contributed by atoms with Crippen LogP contribution in [0.25, 0.3) is 11.1 Å². The van der Waals surface area contributed by atoms with Crippen LogP contribution in [-0.2, 0) is 19.1 Å². The number of nitrogens with one attached hydrogen (secondary N) is 1. The third-order valence-electron chi connectivity index (χ3n) is 5.50. The smallest absolute Gasteiger partial charge is 0.341 e. The summed E-state index contributed by atoms with van der Waals surface area (Å²) in [6.07, 6.45) is 1.33. The minimum Gasteiger partial charge on any atom is -0.497 e. The Hall–Kier alpha value is -2.91. The number of amides is 1. The Bertz CT molecular complexity index is 964. The van der Waals surface area contributed by atoms with Crippen LogP contribution in [0.4, 0.5) is 5.00 Å². The molecule has 1 aliphatic rings. The number of hydrogen-bond acceptors (Lipinski definition) is 8. The van der Waals surface area contributed by atoms with Gasteiger partial charge < -0.3 is 19.5 Å². The average Bonchev–Trinajstić information content (AvgIpc) is 3.23. The highest BCUT2D eigenvalue weighted by molar-refractivity contribution is 7.15. The predicted octanol–water partition coefficient (Wildman–Crippen LogP) is 3.81. The zero-order chi connectivity index (χ0) is 23.8. The molecule has 0 saturated carbocycles. The van der Waals surface area contributed by atoms with Gasteiger partial charge in [-0.25, -0.2) is 4.79 Å². The molecule has 1 amide bonds. The molecule has 3 rings (SSSR count). The fraction of sp³-hybridized carbons (Fsp3) is 0.458. The maximum absolute atomic E-state index is 12.8. The van der Waals surface area contributed by atoms with Crippen LogP contribution in [-0.4, -0.2) is 62.7 Å². The van der Waals surface area contributed by atoms with E-state index in [1.54, 1.807) is 21.0 Å². The molecule has 1 aliphatic heterocycles. The number of hydrogen-bond donors (Lipinski definition) is 1. The molecule has 8 nitrogen and oxygen atoms in total. The number of benzene rings is 1. The Morgan fingerprint density at radius 1 is 1.06 bits per heavy atom. The fourth-order valence-electron chi connectivity index (χ4n) is 3.79. The highest BCUT2D eigenvalue weighted by Crippen LogP contribution is 2.37. The lowest BCUT2D eigenvalue weighted by Crippen LogP contribution is -2.41. The Balaban J connectivity index is 1.68. The van der Waals surface area contributed by atoms with Crippen molar-refractivity contribution >= 4 is 34.2 Å². The van der Waals surface area contributed by atoms with Gasteiger partial charge in [0.1, 0.15) is 16.3 Å². The summed E-state index contributed by atoms with van der Waals surface area (Å²) in [5.41, 5.74) is 1.88. The molecule has 178 valence electrons. The van der Waals surface area contributed by atoms with Gasteiger partial charge in [0.05, 0.1) is 32.8 Å². The number of esters is 2. The van der Waals surface area contributed by atoms with Crippen LogP contribution in [0.15, 0.2) is 29.6 Å². The monoisotopic (exact) mass is 474 g/mol. The SMILES string of the molecule is CCOC(=O)c1c(-c2ccc(OC)cc2)csc1NC(=O)CN1CCC(C(=O)OCC)CC1. The van der Waals surface area contributed by atoms with Gasteiger partial charge in [-0.15, -0.1) is 11.3 Å². The quantitative estimate of drug-likeness (QED) is 0.552. The van der Waals surface area contributed by atoms with Crippen molar-refractivity contribution in [1.29, 1.82) is 0 Å². The first-order valence-electron chi connectivity index (χ1n) is 11.1. The van der Waals surface area contributed by atoms with E-state index in [-0.39, 0.29) is 30.9 Å². The van der Waals surface area contributed by atoms with Gasteiger partial charge in [-0.3, -0.25) is 14.5 Å². The molecule has 0 atom stereocenters. The van der Waals surface area contributed by atoms with E-state index in [2.05, 4.69) is 5.32 Å². The van der Waals surface area contributed by atoms with Crippen molar-refractivity contribution in [2.24, 2.45) is 5.92 Å². The second-order valence-corrected chi connectivity index (χ2v) is 8.53. The molecule has 1 N–H and O–H groups in total. The number of rotatable bonds is 9. The van der Waals surface area contributed by atoms with Gasteiger partial charge in [-0.2, -0.15) is 0 Å². The summed E-state index contributed by atoms with van der Waals surface area (Å²) >= 11 is 1.29. The fourth-order valence-corrected chi connectivity index (χ4v) is 4.77. The van der Waals surface area contributed by atoms with Crippen molar-refractivity contribution < 1.29 is 28.6 Å². The zero-order valence-electron chi connectivity index (χ0n) is 19.2. The Kier molecular flexibility index (Phi) is 8.85. The van der Waals surface area contributed by atoms with E-state index < -0.39 is 5.97 Å². The summed E-state index contributed by atoms with van der Waals surface area (Å²) in [6, 6.07) is 7.37. The number of carbonyl (C=O) groups is 3. The largest absolute Gasteiger partial charge is 0.497 e. The topological polar surface area (TPSA) is 94.2 Å². The molecule has 2 heterocycles. The van der Waals surface area contributed by atoms with Crippen LogP contribution < -0.4 is 10.1 Å². The van der Waals surface area contributed by atoms with Gasteiger partial charge in [0.25, 0.3) is 0 Å². The molecule has 1 fully saturated rings. The molecule has 1 aromatic heterocycles. The maximum atomic E-state index is 12.8. The summed E-state index contributed by atoms with van der Waals surface area (Å²) in [7, 11) is 1.59. The first kappa shape index (κ1) is 24.7. The van der Waals surface area contributed by atoms with Gasteiger partial charge >= 0.3 is 11.9 Å². The average molecular weight is 475 g/mol. The van der Waals surface area contributed by atoms with E-state index in [0.717, 1.165) is 5.56 Å². The van der Waals surface area contributed by atoms with Crippen molar-refractivity contribution in [2.45, 2.75) is 26.7 Å². The summed E-state index contributed by atoms with van der Waals surface area (Å²) in [5.74, 6) is -0.241. The molecule has 2 aromatic rings. The molecule has 0 unspecified atom stereocenters. The van der Waals surface area contributed by atoms with Crippen LogP contribution in [0, 0.1) is 5.92 Å². The zero-order valence-corrected chi connectivity index (χ0v) is 20.0. The number of carbonyl (C=O) groups excluding carboxylic acids is 3. The molecule has 1 saturated heterocycles. The van der Waals surface area contributed by atoms with Gasteiger partial charge in [-0.1, -0.05) is 12.1 Å². The molecule has 1 aromatic carbocycles. The summed E-state index contributed by atoms with van der Waals surface area (Å²) in [4.78, 5) is 39.4. The standard InChI is InChI=1S/C24H30N2O6S/c1-4-31-23(28)17-10-12-26(13-11-17)14-20(27)25-22-21(24(29)32-5-2)19(15-33-22)16-6-8-18(30-3)9-7-16/h6-9,15,17H,4-5,10-14H2,1-3H3,(H,25,27). The first-order valence-corrected chi connectivity index (χ1v) is 12.0. The number of anilines is 1. The van der Waals surface area contributed by atoms with E-state index in [9.17, 15) is 14.4 Å². The van der Waals surface area contributed by atoms with Gasteiger partial charge in [0.2, 0.25) is 5.91 Å². The number of ether oxygens (including phenoxy) is 3. The van der Waals surface area contributed by atoms with Crippen molar-refractivity contribution in [3.63, 3.8) is 0 Å². The molecule has 9 heteroatoms. The third kappa shape index (κ3) is 6.33. The van der Waals surface area contributed by atoms with E-state index in [1.807, 2.05) is 34.5 Å². The minimum absolute atomic E-state index is 0.107. The molecule has 33 heavy (non-hydrogen) atoms. The van der Waals surface area contributed by atoms with E-state index >= 15 is 0 Å². The second-order valence-electron chi connectivity index (χ2n) is 7.65. The molecular weight excluding hydrogens is 444 g/mol. The number of methoxy groups -OCH3 is 1. The molecule has 0 aliphatic carbocycles. The number of thiophene rings is 1. The second kappa shape index (κ2) is 11.8. The van der Waals surface area contributed by atoms with Crippen LogP contribution in [0.3, 0.4) is 0 Å². The first-order chi connectivity index (χ1) is 16.0. The highest BCUT2D eigenvalue weighted by atomic mass is 32.1. The lowest BCUT2D eigenvalue weighted by atomic mass is 9.97. The van der Waals surface area contributed by atoms with E-state index in [4.69, 9.17) is 14.2 Å². The van der Waals surface area contributed by atoms with E-state index in [1.165, 1.54) is 11.3 Å². The number of piperidine rings is 1. The lowest BCUT2D eigenvalue weighted by molar-refractivity contribution is -0.149. The van der Waals surface area contributed by atoms with Crippen molar-refractivity contribution in [3.8, 4) is 16.9 Å². The van der Waals surface area contributed by atoms with Gasteiger partial charge in [0.15, 0.2) is 0 Å². The Morgan fingerprint density at radius 3 is 2.33 bits per heavy atom. The van der Waals surface area contributed by atoms with Gasteiger partial charge in [-0.05, 0) is 57.5 Å². The highest BCUT2D eigenvalue weighted by Gasteiger charge is 2.28. The van der Waals surface area contributed by atoms with Crippen molar-refractivity contribution in [2.75, 3.05) is 45.3 Å². The summed E-state index contributed by atoms with van der Waals surface area (Å²) in [5, 5.41) is 5.19. The van der Waals surface area contributed by atoms with Crippen LogP contribution in [0.5, 0.6) is 5.75 Å². The van der Waals surface area contributed by atoms with Crippen LogP contribution in [0.2, 0.25) is 0 Å². The van der Waals surface area contributed by atoms with Gasteiger partial charge in [0, 0.05) is 10.9 Å². The minimum atomic E-state index is -0.477. The Labute approximate surface area is 197 Å². The van der Waals surface area contributed by atoms with Crippen LogP contribution >= 0.6 is 11.3 Å². The number of likely N-dealkylation sites (tertiary alicyclic amines) is 1. The number of nitrogens with zero attached hydrogens (tertiary/aromatic N) is 1. The normalized spacial score (nSPS) is 14.5. The van der Waals surface area contributed by atoms with E-state index in [0.29, 0.717) is 54.4 Å².